The fourth-order valence-corrected chi connectivity index (χ4v) is 2.35. The van der Waals surface area contributed by atoms with Crippen molar-refractivity contribution in [1.82, 2.24) is 10.2 Å². The molecule has 0 aromatic heterocycles. The summed E-state index contributed by atoms with van der Waals surface area (Å²) in [5.41, 5.74) is 1.70. The van der Waals surface area contributed by atoms with Crippen LogP contribution in [0.25, 0.3) is 0 Å². The first kappa shape index (κ1) is 15.3. The predicted molar refractivity (Wildman–Crippen MR) is 76.8 cm³/mol. The van der Waals surface area contributed by atoms with E-state index in [1.54, 1.807) is 6.07 Å². The highest BCUT2D eigenvalue weighted by atomic mass is 35.5. The molecule has 1 N–H and O–H groups in total. The zero-order chi connectivity index (χ0) is 12.4. The lowest BCUT2D eigenvalue weighted by molar-refractivity contribution is 0.0789. The van der Waals surface area contributed by atoms with Gasteiger partial charge in [0.25, 0.3) is 5.91 Å². The van der Waals surface area contributed by atoms with E-state index in [9.17, 15) is 4.79 Å². The molecule has 18 heavy (non-hydrogen) atoms. The Morgan fingerprint density at radius 1 is 1.50 bits per heavy atom. The summed E-state index contributed by atoms with van der Waals surface area (Å²) >= 11 is 5.94. The summed E-state index contributed by atoms with van der Waals surface area (Å²) in [6, 6.07) is 5.87. The van der Waals surface area contributed by atoms with Crippen LogP contribution in [0, 0.1) is 6.92 Å². The summed E-state index contributed by atoms with van der Waals surface area (Å²) in [4.78, 5) is 14.2. The van der Waals surface area contributed by atoms with Gasteiger partial charge in [-0.15, -0.1) is 12.4 Å². The van der Waals surface area contributed by atoms with Crippen molar-refractivity contribution >= 4 is 29.9 Å². The van der Waals surface area contributed by atoms with Gasteiger partial charge in [-0.05, 0) is 38.1 Å². The molecule has 5 heteroatoms. The molecule has 1 saturated heterocycles. The van der Waals surface area contributed by atoms with E-state index in [1.807, 2.05) is 31.0 Å². The molecule has 100 valence electrons. The largest absolute Gasteiger partial charge is 0.337 e. The summed E-state index contributed by atoms with van der Waals surface area (Å²) in [5, 5.41) is 3.82. The second-order valence-corrected chi connectivity index (χ2v) is 4.92. The van der Waals surface area contributed by atoms with Gasteiger partial charge < -0.3 is 10.2 Å². The molecule has 1 aromatic carbocycles. The minimum absolute atomic E-state index is 0. The summed E-state index contributed by atoms with van der Waals surface area (Å²) in [6.45, 7) is 3.53. The molecule has 1 aromatic rings. The van der Waals surface area contributed by atoms with Gasteiger partial charge in [0, 0.05) is 29.7 Å². The van der Waals surface area contributed by atoms with Crippen molar-refractivity contribution < 1.29 is 4.79 Å². The Morgan fingerprint density at radius 2 is 2.22 bits per heavy atom. The van der Waals surface area contributed by atoms with Crippen molar-refractivity contribution in [3.05, 3.63) is 34.3 Å². The maximum Gasteiger partial charge on any atom is 0.254 e. The molecule has 0 saturated carbocycles. The predicted octanol–water partition coefficient (Wildman–Crippen LogP) is 2.50. The summed E-state index contributed by atoms with van der Waals surface area (Å²) < 4.78 is 0. The highest BCUT2D eigenvalue weighted by Crippen LogP contribution is 2.19. The molecule has 1 aliphatic heterocycles. The molecule has 2 rings (SSSR count). The number of amides is 1. The standard InChI is InChI=1S/C13H17ClN2O.ClH/c1-9-3-4-10(14)7-12(9)13(17)16-6-5-11(8-16)15-2;/h3-4,7,11,15H,5-6,8H2,1-2H3;1H. The Labute approximate surface area is 119 Å². The molecule has 3 nitrogen and oxygen atoms in total. The highest BCUT2D eigenvalue weighted by Gasteiger charge is 2.26. The Morgan fingerprint density at radius 3 is 2.83 bits per heavy atom. The zero-order valence-electron chi connectivity index (χ0n) is 10.6. The molecule has 1 heterocycles. The number of hydrogen-bond acceptors (Lipinski definition) is 2. The van der Waals surface area contributed by atoms with Crippen LogP contribution in [0.15, 0.2) is 18.2 Å². The number of benzene rings is 1. The molecule has 1 aliphatic rings. The van der Waals surface area contributed by atoms with Crippen molar-refractivity contribution in [2.24, 2.45) is 0 Å². The molecule has 0 aliphatic carbocycles. The Hall–Kier alpha value is -0.770. The Balaban J connectivity index is 0.00000162. The molecule has 1 amide bonds. The normalized spacial score (nSPS) is 18.6. The van der Waals surface area contributed by atoms with Crippen LogP contribution in [0.3, 0.4) is 0 Å². The third-order valence-corrected chi connectivity index (χ3v) is 3.55. The number of halogens is 2. The number of aryl methyl sites for hydroxylation is 1. The maximum atomic E-state index is 12.3. The summed E-state index contributed by atoms with van der Waals surface area (Å²) in [7, 11) is 1.93. The van der Waals surface area contributed by atoms with E-state index in [1.165, 1.54) is 0 Å². The first-order valence-electron chi connectivity index (χ1n) is 5.84. The van der Waals surface area contributed by atoms with Crippen LogP contribution in [-0.4, -0.2) is 37.0 Å². The smallest absolute Gasteiger partial charge is 0.254 e. The number of nitrogens with one attached hydrogen (secondary N) is 1. The zero-order valence-corrected chi connectivity index (χ0v) is 12.1. The third kappa shape index (κ3) is 3.16. The number of likely N-dealkylation sites (tertiary alicyclic amines) is 1. The molecule has 1 fully saturated rings. The lowest BCUT2D eigenvalue weighted by Gasteiger charge is -2.17. The van der Waals surface area contributed by atoms with Gasteiger partial charge in [0.05, 0.1) is 0 Å². The molecule has 1 unspecified atom stereocenters. The van der Waals surface area contributed by atoms with E-state index in [2.05, 4.69) is 5.32 Å². The van der Waals surface area contributed by atoms with E-state index in [4.69, 9.17) is 11.6 Å². The second kappa shape index (κ2) is 6.41. The summed E-state index contributed by atoms with van der Waals surface area (Å²) in [6.07, 6.45) is 1.02. The van der Waals surface area contributed by atoms with Crippen molar-refractivity contribution in [2.75, 3.05) is 20.1 Å². The fraction of sp³-hybridized carbons (Fsp3) is 0.462. The lowest BCUT2D eigenvalue weighted by atomic mass is 10.1. The van der Waals surface area contributed by atoms with Crippen LogP contribution < -0.4 is 5.32 Å². The number of likely N-dealkylation sites (N-methyl/N-ethyl adjacent to an activating group) is 1. The molecule has 0 radical (unpaired) electrons. The van der Waals surface area contributed by atoms with Gasteiger partial charge in [-0.2, -0.15) is 0 Å². The minimum Gasteiger partial charge on any atom is -0.337 e. The highest BCUT2D eigenvalue weighted by molar-refractivity contribution is 6.31. The number of carbonyl (C=O) groups is 1. The van der Waals surface area contributed by atoms with Crippen LogP contribution in [0.1, 0.15) is 22.3 Å². The SMILES string of the molecule is CNC1CCN(C(=O)c2cc(Cl)ccc2C)C1.Cl. The Kier molecular flexibility index (Phi) is 5.45. The number of nitrogens with zero attached hydrogens (tertiary/aromatic N) is 1. The van der Waals surface area contributed by atoms with E-state index >= 15 is 0 Å². The summed E-state index contributed by atoms with van der Waals surface area (Å²) in [5.74, 6) is 0.0859. The van der Waals surface area contributed by atoms with Gasteiger partial charge in [-0.1, -0.05) is 17.7 Å². The maximum absolute atomic E-state index is 12.3. The topological polar surface area (TPSA) is 32.3 Å². The van der Waals surface area contributed by atoms with Crippen LogP contribution in [-0.2, 0) is 0 Å². The van der Waals surface area contributed by atoms with E-state index in [-0.39, 0.29) is 18.3 Å². The number of rotatable bonds is 2. The first-order valence-corrected chi connectivity index (χ1v) is 6.22. The van der Waals surface area contributed by atoms with Gasteiger partial charge in [0.15, 0.2) is 0 Å². The van der Waals surface area contributed by atoms with Gasteiger partial charge in [-0.3, -0.25) is 4.79 Å². The van der Waals surface area contributed by atoms with Gasteiger partial charge in [-0.25, -0.2) is 0 Å². The number of hydrogen-bond donors (Lipinski definition) is 1. The monoisotopic (exact) mass is 288 g/mol. The van der Waals surface area contributed by atoms with Crippen LogP contribution in [0.4, 0.5) is 0 Å². The van der Waals surface area contributed by atoms with E-state index in [0.29, 0.717) is 16.6 Å². The van der Waals surface area contributed by atoms with Crippen LogP contribution >= 0.6 is 24.0 Å². The van der Waals surface area contributed by atoms with Crippen LogP contribution in [0.5, 0.6) is 0 Å². The van der Waals surface area contributed by atoms with E-state index < -0.39 is 0 Å². The van der Waals surface area contributed by atoms with Gasteiger partial charge in [0.2, 0.25) is 0 Å². The molecular formula is C13H18Cl2N2O. The molecule has 0 spiro atoms. The van der Waals surface area contributed by atoms with Crippen molar-refractivity contribution in [3.63, 3.8) is 0 Å². The average Bonchev–Trinajstić information content (AvgIpc) is 2.80. The molecule has 0 bridgehead atoms. The second-order valence-electron chi connectivity index (χ2n) is 4.48. The Bertz CT molecular complexity index is 437. The first-order chi connectivity index (χ1) is 8.11. The quantitative estimate of drug-likeness (QED) is 0.907. The average molecular weight is 289 g/mol. The third-order valence-electron chi connectivity index (χ3n) is 3.31. The van der Waals surface area contributed by atoms with Gasteiger partial charge >= 0.3 is 0 Å². The van der Waals surface area contributed by atoms with Crippen molar-refractivity contribution in [1.29, 1.82) is 0 Å². The lowest BCUT2D eigenvalue weighted by Crippen LogP contribution is -2.33. The fourth-order valence-electron chi connectivity index (χ4n) is 2.18. The van der Waals surface area contributed by atoms with E-state index in [0.717, 1.165) is 25.1 Å². The van der Waals surface area contributed by atoms with Crippen LogP contribution in [0.2, 0.25) is 5.02 Å². The van der Waals surface area contributed by atoms with Crippen molar-refractivity contribution in [2.45, 2.75) is 19.4 Å². The minimum atomic E-state index is 0. The molecular weight excluding hydrogens is 271 g/mol. The number of carbonyl (C=O) groups excluding carboxylic acids is 1. The van der Waals surface area contributed by atoms with Crippen molar-refractivity contribution in [3.8, 4) is 0 Å². The molecule has 1 atom stereocenters. The van der Waals surface area contributed by atoms with Gasteiger partial charge in [0.1, 0.15) is 0 Å².